The minimum absolute atomic E-state index is 0.576. The molecule has 0 aliphatic carbocycles. The summed E-state index contributed by atoms with van der Waals surface area (Å²) in [6.45, 7) is 4.46. The van der Waals surface area contributed by atoms with E-state index in [4.69, 9.17) is 0 Å². The van der Waals surface area contributed by atoms with Gasteiger partial charge < -0.3 is 0 Å². The molecule has 0 saturated heterocycles. The third-order valence-corrected chi connectivity index (χ3v) is 3.29. The fourth-order valence-corrected chi connectivity index (χ4v) is 2.21. The first kappa shape index (κ1) is 10.3. The summed E-state index contributed by atoms with van der Waals surface area (Å²) in [5.41, 5.74) is 1.39. The Hall–Kier alpha value is -1.89. The van der Waals surface area contributed by atoms with Crippen LogP contribution in [0, 0.1) is 0 Å². The molecule has 0 unspecified atom stereocenters. The highest BCUT2D eigenvalue weighted by Gasteiger charge is 2.02. The molecule has 0 aliphatic heterocycles. The van der Waals surface area contributed by atoms with Crippen molar-refractivity contribution in [1.29, 1.82) is 0 Å². The van der Waals surface area contributed by atoms with Gasteiger partial charge in [0.15, 0.2) is 0 Å². The average molecular weight is 221 g/mol. The lowest BCUT2D eigenvalue weighted by molar-refractivity contribution is 0.869. The lowest BCUT2D eigenvalue weighted by Gasteiger charge is -2.08. The zero-order valence-corrected chi connectivity index (χ0v) is 10.1. The molecule has 0 bridgehead atoms. The topological polar surface area (TPSA) is 12.9 Å². The van der Waals surface area contributed by atoms with E-state index in [1.54, 1.807) is 0 Å². The van der Waals surface area contributed by atoms with Crippen LogP contribution < -0.4 is 0 Å². The van der Waals surface area contributed by atoms with E-state index in [-0.39, 0.29) is 0 Å². The summed E-state index contributed by atoms with van der Waals surface area (Å²) < 4.78 is 0. The quantitative estimate of drug-likeness (QED) is 0.551. The van der Waals surface area contributed by atoms with Crippen LogP contribution in [-0.2, 0) is 0 Å². The molecule has 1 nitrogen and oxygen atoms in total. The smallest absolute Gasteiger partial charge is 0.0346 e. The largest absolute Gasteiger partial charge is 0.264 e. The number of aromatic nitrogens is 1. The number of benzene rings is 2. The zero-order chi connectivity index (χ0) is 11.8. The molecular formula is C16H15N. The van der Waals surface area contributed by atoms with Gasteiger partial charge in [-0.05, 0) is 45.8 Å². The molecule has 3 rings (SSSR count). The number of hydrogen-bond acceptors (Lipinski definition) is 1. The second-order valence-corrected chi connectivity index (χ2v) is 4.84. The molecule has 2 aromatic carbocycles. The Balaban J connectivity index is 2.32. The summed E-state index contributed by atoms with van der Waals surface area (Å²) in [6.07, 6.45) is 3.77. The minimum Gasteiger partial charge on any atom is -0.264 e. The Morgan fingerprint density at radius 1 is 0.824 bits per heavy atom. The fraction of sp³-hybridized carbons (Fsp3) is 0.188. The molecule has 0 radical (unpaired) electrons. The van der Waals surface area contributed by atoms with Crippen LogP contribution in [0.1, 0.15) is 25.3 Å². The molecule has 84 valence electrons. The molecule has 0 amide bonds. The zero-order valence-electron chi connectivity index (χ0n) is 10.1. The van der Waals surface area contributed by atoms with Crippen LogP contribution in [-0.4, -0.2) is 4.98 Å². The Bertz CT molecular complexity index is 683. The molecule has 0 N–H and O–H groups in total. The van der Waals surface area contributed by atoms with Crippen molar-refractivity contribution >= 4 is 21.5 Å². The highest BCUT2D eigenvalue weighted by atomic mass is 14.6. The van der Waals surface area contributed by atoms with Crippen molar-refractivity contribution in [3.63, 3.8) is 0 Å². The highest BCUT2D eigenvalue weighted by Crippen LogP contribution is 2.25. The first-order chi connectivity index (χ1) is 8.24. The first-order valence-electron chi connectivity index (χ1n) is 6.01. The normalized spacial score (nSPS) is 11.5. The van der Waals surface area contributed by atoms with Crippen LogP contribution in [0.2, 0.25) is 0 Å². The second kappa shape index (κ2) is 3.85. The summed E-state index contributed by atoms with van der Waals surface area (Å²) in [4.78, 5) is 4.17. The lowest BCUT2D eigenvalue weighted by atomic mass is 9.98. The van der Waals surface area contributed by atoms with Gasteiger partial charge in [-0.2, -0.15) is 0 Å². The molecule has 1 heterocycles. The molecule has 0 saturated carbocycles. The predicted molar refractivity (Wildman–Crippen MR) is 73.3 cm³/mol. The van der Waals surface area contributed by atoms with Crippen molar-refractivity contribution in [3.05, 3.63) is 54.4 Å². The Labute approximate surface area is 101 Å². The van der Waals surface area contributed by atoms with E-state index in [0.717, 1.165) is 0 Å². The van der Waals surface area contributed by atoms with Gasteiger partial charge in [-0.3, -0.25) is 4.98 Å². The van der Waals surface area contributed by atoms with Gasteiger partial charge >= 0.3 is 0 Å². The lowest BCUT2D eigenvalue weighted by Crippen LogP contribution is -1.87. The van der Waals surface area contributed by atoms with Crippen molar-refractivity contribution in [2.75, 3.05) is 0 Å². The van der Waals surface area contributed by atoms with Crippen LogP contribution in [0.15, 0.2) is 48.8 Å². The van der Waals surface area contributed by atoms with Gasteiger partial charge in [0.05, 0.1) is 0 Å². The van der Waals surface area contributed by atoms with Gasteiger partial charge in [-0.15, -0.1) is 0 Å². The minimum atomic E-state index is 0.576. The van der Waals surface area contributed by atoms with Gasteiger partial charge in [-0.1, -0.05) is 32.0 Å². The van der Waals surface area contributed by atoms with E-state index in [2.05, 4.69) is 55.2 Å². The predicted octanol–water partition coefficient (Wildman–Crippen LogP) is 4.51. The third kappa shape index (κ3) is 1.78. The number of rotatable bonds is 1. The van der Waals surface area contributed by atoms with E-state index in [9.17, 15) is 0 Å². The van der Waals surface area contributed by atoms with Crippen molar-refractivity contribution in [3.8, 4) is 0 Å². The van der Waals surface area contributed by atoms with Crippen LogP contribution in [0.4, 0.5) is 0 Å². The Morgan fingerprint density at radius 2 is 1.59 bits per heavy atom. The number of fused-ring (bicyclic) bond motifs is 2. The van der Waals surface area contributed by atoms with Gasteiger partial charge in [0.25, 0.3) is 0 Å². The van der Waals surface area contributed by atoms with Crippen molar-refractivity contribution in [2.24, 2.45) is 0 Å². The monoisotopic (exact) mass is 221 g/mol. The molecule has 1 aromatic heterocycles. The Morgan fingerprint density at radius 3 is 2.41 bits per heavy atom. The SMILES string of the molecule is CC(C)c1ccc2cc3cnccc3cc2c1. The molecule has 0 aliphatic rings. The average Bonchev–Trinajstić information content (AvgIpc) is 2.35. The van der Waals surface area contributed by atoms with Crippen LogP contribution >= 0.6 is 0 Å². The fourth-order valence-electron chi connectivity index (χ4n) is 2.21. The first-order valence-corrected chi connectivity index (χ1v) is 6.01. The summed E-state index contributed by atoms with van der Waals surface area (Å²) >= 11 is 0. The molecule has 1 heteroatoms. The van der Waals surface area contributed by atoms with E-state index >= 15 is 0 Å². The standard InChI is InChI=1S/C16H15N/c1-11(2)12-3-4-13-9-16-10-17-6-5-14(16)8-15(13)7-12/h3-11H,1-2H3. The van der Waals surface area contributed by atoms with Gasteiger partial charge in [0, 0.05) is 17.8 Å². The highest BCUT2D eigenvalue weighted by molar-refractivity contribution is 5.98. The molecule has 0 fully saturated rings. The second-order valence-electron chi connectivity index (χ2n) is 4.84. The summed E-state index contributed by atoms with van der Waals surface area (Å²) in [5.74, 6) is 0.576. The molecule has 0 spiro atoms. The molecular weight excluding hydrogens is 206 g/mol. The van der Waals surface area contributed by atoms with Crippen molar-refractivity contribution in [2.45, 2.75) is 19.8 Å². The number of nitrogens with zero attached hydrogens (tertiary/aromatic N) is 1. The van der Waals surface area contributed by atoms with E-state index in [0.29, 0.717) is 5.92 Å². The summed E-state index contributed by atoms with van der Waals surface area (Å²) in [6, 6.07) is 13.2. The van der Waals surface area contributed by atoms with Gasteiger partial charge in [0.2, 0.25) is 0 Å². The van der Waals surface area contributed by atoms with E-state index in [1.165, 1.54) is 27.1 Å². The number of pyridine rings is 1. The van der Waals surface area contributed by atoms with Crippen LogP contribution in [0.3, 0.4) is 0 Å². The Kier molecular flexibility index (Phi) is 2.32. The van der Waals surface area contributed by atoms with E-state index in [1.807, 2.05) is 12.4 Å². The third-order valence-electron chi connectivity index (χ3n) is 3.29. The van der Waals surface area contributed by atoms with Crippen molar-refractivity contribution < 1.29 is 0 Å². The van der Waals surface area contributed by atoms with Crippen LogP contribution in [0.25, 0.3) is 21.5 Å². The van der Waals surface area contributed by atoms with Gasteiger partial charge in [-0.25, -0.2) is 0 Å². The molecule has 0 atom stereocenters. The number of hydrogen-bond donors (Lipinski definition) is 0. The maximum atomic E-state index is 4.17. The summed E-state index contributed by atoms with van der Waals surface area (Å²) in [7, 11) is 0. The van der Waals surface area contributed by atoms with Gasteiger partial charge in [0.1, 0.15) is 0 Å². The van der Waals surface area contributed by atoms with E-state index < -0.39 is 0 Å². The molecule has 17 heavy (non-hydrogen) atoms. The van der Waals surface area contributed by atoms with Crippen molar-refractivity contribution in [1.82, 2.24) is 4.98 Å². The molecule has 3 aromatic rings. The summed E-state index contributed by atoms with van der Waals surface area (Å²) in [5, 5.41) is 5.07. The maximum absolute atomic E-state index is 4.17. The maximum Gasteiger partial charge on any atom is 0.0346 e. The van der Waals surface area contributed by atoms with Crippen LogP contribution in [0.5, 0.6) is 0 Å².